The van der Waals surface area contributed by atoms with Crippen molar-refractivity contribution in [3.05, 3.63) is 0 Å². The molecule has 0 aromatic rings. The van der Waals surface area contributed by atoms with Crippen LogP contribution in [0.4, 0.5) is 0 Å². The van der Waals surface area contributed by atoms with Crippen LogP contribution < -0.4 is 58.5 Å². The van der Waals surface area contributed by atoms with Crippen molar-refractivity contribution in [1.82, 2.24) is 73.2 Å². The lowest BCUT2D eigenvalue weighted by molar-refractivity contribution is -0.0168. The molecule has 498 valence electrons. The largest absolute Gasteiger partial charge is 0.375 e. The summed E-state index contributed by atoms with van der Waals surface area (Å²) >= 11 is 0. The quantitative estimate of drug-likeness (QED) is 0.165. The fourth-order valence-electron chi connectivity index (χ4n) is 14.5. The number of nitrogens with zero attached hydrogens (tertiary/aromatic N) is 3. The summed E-state index contributed by atoms with van der Waals surface area (Å²) < 4.78 is 37.6. The molecular weight excluding hydrogens is 1080 g/mol. The van der Waals surface area contributed by atoms with Gasteiger partial charge in [0.05, 0.1) is 87.0 Å². The maximum absolute atomic E-state index is 5.42. The Morgan fingerprint density at radius 1 is 0.294 bits per heavy atom. The number of fused-ring (bicyclic) bond motifs is 12. The number of hydrogen-bond donors (Lipinski definition) is 11. The second kappa shape index (κ2) is 38.2. The number of piperazine rings is 3. The summed E-state index contributed by atoms with van der Waals surface area (Å²) in [6.45, 7) is 42.8. The average molecular weight is 1210 g/mol. The molecule has 17 saturated heterocycles. The van der Waals surface area contributed by atoms with Crippen LogP contribution in [0.2, 0.25) is 0 Å². The first-order valence-corrected chi connectivity index (χ1v) is 34.4. The molecule has 12 bridgehead atoms. The van der Waals surface area contributed by atoms with Crippen molar-refractivity contribution in [2.45, 2.75) is 261 Å². The summed E-state index contributed by atoms with van der Waals surface area (Å²) in [5.41, 5.74) is 0. The maximum Gasteiger partial charge on any atom is 0.0716 e. The van der Waals surface area contributed by atoms with Gasteiger partial charge >= 0.3 is 0 Å². The van der Waals surface area contributed by atoms with Crippen molar-refractivity contribution in [3.63, 3.8) is 0 Å². The first-order valence-electron chi connectivity index (χ1n) is 34.4. The van der Waals surface area contributed by atoms with Crippen LogP contribution >= 0.6 is 0 Å². The third-order valence-corrected chi connectivity index (χ3v) is 19.3. The molecule has 11 N–H and O–H groups in total. The molecule has 17 fully saturated rings. The molecule has 21 heteroatoms. The topological polar surface area (TPSA) is 207 Å². The second-order valence-electron chi connectivity index (χ2n) is 28.3. The van der Waals surface area contributed by atoms with E-state index >= 15 is 0 Å². The van der Waals surface area contributed by atoms with Gasteiger partial charge in [-0.2, -0.15) is 0 Å². The highest BCUT2D eigenvalue weighted by Gasteiger charge is 2.37. The van der Waals surface area contributed by atoms with E-state index in [0.717, 1.165) is 140 Å². The van der Waals surface area contributed by atoms with Gasteiger partial charge in [-0.25, -0.2) is 0 Å². The average Bonchev–Trinajstić information content (AvgIpc) is 4.26. The minimum atomic E-state index is 0.402. The number of hydrogen-bond acceptors (Lipinski definition) is 21. The molecule has 0 radical (unpaired) electrons. The molecule has 21 nitrogen and oxygen atoms in total. The van der Waals surface area contributed by atoms with Gasteiger partial charge in [0.15, 0.2) is 0 Å². The molecule has 6 unspecified atom stereocenters. The van der Waals surface area contributed by atoms with E-state index < -0.39 is 0 Å². The lowest BCUT2D eigenvalue weighted by Crippen LogP contribution is -2.41. The molecule has 0 aromatic heterocycles. The van der Waals surface area contributed by atoms with Crippen LogP contribution in [0.5, 0.6) is 0 Å². The van der Waals surface area contributed by atoms with Crippen LogP contribution in [0.25, 0.3) is 0 Å². The van der Waals surface area contributed by atoms with Crippen LogP contribution in [-0.2, 0) is 33.2 Å². The van der Waals surface area contributed by atoms with Gasteiger partial charge in [-0.3, -0.25) is 0 Å². The Morgan fingerprint density at radius 3 is 0.624 bits per heavy atom. The van der Waals surface area contributed by atoms with E-state index in [4.69, 9.17) is 33.2 Å². The fraction of sp³-hybridized carbons (Fsp3) is 1.00. The molecule has 17 rings (SSSR count). The number of nitrogens with one attached hydrogen (secondary N) is 11. The molecule has 0 aliphatic carbocycles. The van der Waals surface area contributed by atoms with Crippen LogP contribution in [0.15, 0.2) is 0 Å². The molecule has 0 amide bonds. The van der Waals surface area contributed by atoms with Crippen molar-refractivity contribution >= 4 is 0 Å². The normalized spacial score (nSPS) is 43.6. The van der Waals surface area contributed by atoms with Gasteiger partial charge in [-0.15, -0.1) is 0 Å². The monoisotopic (exact) mass is 1210 g/mol. The van der Waals surface area contributed by atoms with Crippen LogP contribution in [0, 0.1) is 0 Å². The van der Waals surface area contributed by atoms with E-state index in [1.807, 2.05) is 0 Å². The van der Waals surface area contributed by atoms with Gasteiger partial charge in [0, 0.05) is 178 Å². The van der Waals surface area contributed by atoms with E-state index in [-0.39, 0.29) is 0 Å². The third-order valence-electron chi connectivity index (χ3n) is 19.3. The number of rotatable bonds is 0. The van der Waals surface area contributed by atoms with Crippen molar-refractivity contribution in [1.29, 1.82) is 0 Å². The first-order chi connectivity index (χ1) is 40.9. The lowest BCUT2D eigenvalue weighted by atomic mass is 10.0. The van der Waals surface area contributed by atoms with Gasteiger partial charge < -0.3 is 106 Å². The van der Waals surface area contributed by atoms with Crippen molar-refractivity contribution in [2.24, 2.45) is 0 Å². The summed E-state index contributed by atoms with van der Waals surface area (Å²) in [5.74, 6) is 0. The molecule has 17 aliphatic heterocycles. The van der Waals surface area contributed by atoms with Crippen LogP contribution in [0.1, 0.15) is 127 Å². The van der Waals surface area contributed by atoms with E-state index in [9.17, 15) is 0 Å². The Labute approximate surface area is 517 Å². The number of piperidine rings is 1. The molecular formula is C64H130N14O7. The van der Waals surface area contributed by atoms with Gasteiger partial charge in [0.2, 0.25) is 0 Å². The number of ether oxygens (including phenoxy) is 7. The molecule has 22 atom stereocenters. The zero-order chi connectivity index (χ0) is 60.7. The van der Waals surface area contributed by atoms with Crippen LogP contribution in [0.3, 0.4) is 0 Å². The van der Waals surface area contributed by atoms with Crippen LogP contribution in [-0.4, -0.2) is 301 Å². The zero-order valence-electron chi connectivity index (χ0n) is 55.9. The predicted molar refractivity (Wildman–Crippen MR) is 344 cm³/mol. The SMILES string of the molecule is C1OC2CNC1C2.C1O[C@@H]2CN[C@H]1C2.C1O[C@H]2CN[C@@H]1C2.CC1CNCC(C)O1.CN1CC2CC1CN2.CN1C[C@@H]2C[C@H]1CN2.CN1C[C@H]2C[C@@H]1CN2.C[C@@H]1CCC[C@H](C)N1.C[C@@H]1CNC[C@@H](C)O1.C[C@@H]1CNC[C@H](C)O1.C[C@H]1CNC[C@H](C)O1. The number of likely N-dealkylation sites (tertiary alicyclic amines) is 3. The van der Waals surface area contributed by atoms with Crippen molar-refractivity contribution in [2.75, 3.05) is 152 Å². The Bertz CT molecular complexity index is 1450. The Morgan fingerprint density at radius 2 is 0.541 bits per heavy atom. The lowest BCUT2D eigenvalue weighted by Gasteiger charge is -2.25. The molecule has 85 heavy (non-hydrogen) atoms. The highest BCUT2D eigenvalue weighted by atomic mass is 16.5. The molecule has 0 spiro atoms. The smallest absolute Gasteiger partial charge is 0.0716 e. The van der Waals surface area contributed by atoms with E-state index in [1.54, 1.807) is 0 Å². The predicted octanol–water partition coefficient (Wildman–Crippen LogP) is 1.30. The van der Waals surface area contributed by atoms with Crippen molar-refractivity contribution in [3.8, 4) is 0 Å². The van der Waals surface area contributed by atoms with Gasteiger partial charge in [0.1, 0.15) is 0 Å². The summed E-state index contributed by atoms with van der Waals surface area (Å²) in [5, 5.41) is 36.8. The molecule has 17 aliphatic rings. The molecule has 0 saturated carbocycles. The second-order valence-corrected chi connectivity index (χ2v) is 28.3. The Kier molecular flexibility index (Phi) is 32.2. The number of likely N-dealkylation sites (N-methyl/N-ethyl adjacent to an activating group) is 3. The fourth-order valence-corrected chi connectivity index (χ4v) is 14.5. The zero-order valence-corrected chi connectivity index (χ0v) is 55.9. The third kappa shape index (κ3) is 27.1. The van der Waals surface area contributed by atoms with Crippen molar-refractivity contribution < 1.29 is 33.2 Å². The standard InChI is InChI=1S/C7H15N.3C6H12N2.4C6H13NO.3C5H9NO/c1-6-4-3-5-7(2)8-6;3*1-8-4-5-2-6(8)3-7-5;4*1-5-3-7-4-6(2)8-5;3*1-4-3-7-5(1)2-6-4/h6-8H,3-5H2,1-2H3;3*5-7H,2-4H2,1H3;4*5-7H,3-4H2,1-2H3;3*4-6H,1-3H2/t6-,7+;2*5-,6-;;5-,6+;2*5-,6-;;2*4-,5-;/m.10..10.10./s1. The maximum atomic E-state index is 5.42. The summed E-state index contributed by atoms with van der Waals surface area (Å²) in [7, 11) is 6.64. The summed E-state index contributed by atoms with van der Waals surface area (Å²) in [6, 6.07) is 8.68. The molecule has 17 heterocycles. The summed E-state index contributed by atoms with van der Waals surface area (Å²) in [4.78, 5) is 7.34. The minimum Gasteiger partial charge on any atom is -0.375 e. The van der Waals surface area contributed by atoms with E-state index in [2.05, 4.69) is 164 Å². The van der Waals surface area contributed by atoms with Gasteiger partial charge in [0.25, 0.3) is 0 Å². The first kappa shape index (κ1) is 71.6. The molecule has 0 aromatic carbocycles. The van der Waals surface area contributed by atoms with Gasteiger partial charge in [-0.05, 0) is 142 Å². The van der Waals surface area contributed by atoms with E-state index in [1.165, 1.54) is 97.1 Å². The Hall–Kier alpha value is -0.840. The minimum absolute atomic E-state index is 0.402. The highest BCUT2D eigenvalue weighted by molar-refractivity contribution is 4.97. The summed E-state index contributed by atoms with van der Waals surface area (Å²) in [6.07, 6.45) is 16.9. The van der Waals surface area contributed by atoms with Gasteiger partial charge in [-0.1, -0.05) is 6.42 Å². The Balaban J connectivity index is 0.000000134. The van der Waals surface area contributed by atoms with E-state index in [0.29, 0.717) is 85.3 Å². The number of morpholine rings is 7. The highest BCUT2D eigenvalue weighted by Crippen LogP contribution is 2.23.